The van der Waals surface area contributed by atoms with E-state index in [0.29, 0.717) is 22.6 Å². The first-order valence-electron chi connectivity index (χ1n) is 9.67. The first kappa shape index (κ1) is 19.4. The minimum Gasteiger partial charge on any atom is -0.373 e. The normalized spacial score (nSPS) is 15.9. The first-order chi connectivity index (χ1) is 14.8. The van der Waals surface area contributed by atoms with E-state index in [1.54, 1.807) is 19.3 Å². The lowest BCUT2D eigenvalue weighted by Gasteiger charge is -2.33. The minimum absolute atomic E-state index is 0.0238. The summed E-state index contributed by atoms with van der Waals surface area (Å²) in [5, 5.41) is 1.10. The maximum absolute atomic E-state index is 14.0. The number of aromatic amines is 2. The molecule has 1 aromatic carbocycles. The number of amides is 1. The molecule has 2 N–H and O–H groups in total. The number of benzene rings is 1. The fourth-order valence-corrected chi connectivity index (χ4v) is 4.12. The summed E-state index contributed by atoms with van der Waals surface area (Å²) in [5.41, 5.74) is 2.35. The zero-order valence-corrected chi connectivity index (χ0v) is 16.8. The summed E-state index contributed by atoms with van der Waals surface area (Å²) in [7, 11) is 1.60. The van der Waals surface area contributed by atoms with Crippen molar-refractivity contribution in [2.45, 2.75) is 19.6 Å². The molecule has 0 fully saturated rings. The van der Waals surface area contributed by atoms with Gasteiger partial charge in [-0.2, -0.15) is 0 Å². The van der Waals surface area contributed by atoms with Crippen molar-refractivity contribution in [1.29, 1.82) is 0 Å². The molecule has 1 amide bonds. The van der Waals surface area contributed by atoms with E-state index < -0.39 is 23.2 Å². The second kappa shape index (κ2) is 6.98. The highest BCUT2D eigenvalue weighted by molar-refractivity contribution is 5.98. The van der Waals surface area contributed by atoms with Crippen LogP contribution >= 0.6 is 0 Å². The second-order valence-electron chi connectivity index (χ2n) is 7.74. The molecule has 5 rings (SSSR count). The summed E-state index contributed by atoms with van der Waals surface area (Å²) in [5.74, 6) is -2.48. The van der Waals surface area contributed by atoms with Crippen LogP contribution in [-0.4, -0.2) is 39.4 Å². The van der Waals surface area contributed by atoms with Gasteiger partial charge in [-0.3, -0.25) is 9.59 Å². The van der Waals surface area contributed by atoms with Gasteiger partial charge in [0.15, 0.2) is 11.6 Å². The van der Waals surface area contributed by atoms with Gasteiger partial charge >= 0.3 is 0 Å². The fourth-order valence-electron chi connectivity index (χ4n) is 4.12. The number of carbonyl (C=O) groups is 1. The average molecular weight is 424 g/mol. The number of H-pyrrole nitrogens is 2. The number of likely N-dealkylation sites (N-methyl/N-ethyl adjacent to an activating group) is 1. The van der Waals surface area contributed by atoms with Crippen LogP contribution < -0.4 is 5.56 Å². The molecule has 0 spiro atoms. The number of rotatable bonds is 2. The van der Waals surface area contributed by atoms with E-state index in [4.69, 9.17) is 4.74 Å². The Bertz CT molecular complexity index is 1430. The molecule has 1 aliphatic heterocycles. The molecular formula is C22H18F2N4O3. The van der Waals surface area contributed by atoms with Gasteiger partial charge in [-0.05, 0) is 42.1 Å². The molecule has 4 aromatic rings. The zero-order chi connectivity index (χ0) is 21.9. The number of ether oxygens (including phenoxy) is 1. The van der Waals surface area contributed by atoms with Gasteiger partial charge in [0.1, 0.15) is 11.3 Å². The number of pyridine rings is 2. The third-order valence-corrected chi connectivity index (χ3v) is 5.67. The molecule has 9 heteroatoms. The van der Waals surface area contributed by atoms with E-state index in [-0.39, 0.29) is 29.9 Å². The van der Waals surface area contributed by atoms with E-state index in [1.807, 2.05) is 13.0 Å². The highest BCUT2D eigenvalue weighted by Gasteiger charge is 2.32. The van der Waals surface area contributed by atoms with Gasteiger partial charge in [0.25, 0.3) is 11.5 Å². The summed E-state index contributed by atoms with van der Waals surface area (Å²) in [6.45, 7) is 2.16. The van der Waals surface area contributed by atoms with Crippen LogP contribution in [0.25, 0.3) is 21.8 Å². The molecule has 0 unspecified atom stereocenters. The van der Waals surface area contributed by atoms with Crippen LogP contribution in [0.2, 0.25) is 0 Å². The number of aromatic nitrogens is 3. The number of halogens is 2. The third-order valence-electron chi connectivity index (χ3n) is 5.67. The van der Waals surface area contributed by atoms with Crippen molar-refractivity contribution in [3.05, 3.63) is 75.0 Å². The van der Waals surface area contributed by atoms with Crippen molar-refractivity contribution in [3.63, 3.8) is 0 Å². The molecule has 0 aliphatic carbocycles. The van der Waals surface area contributed by atoms with Gasteiger partial charge in [-0.25, -0.2) is 13.8 Å². The van der Waals surface area contributed by atoms with E-state index in [2.05, 4.69) is 15.0 Å². The Kier molecular flexibility index (Phi) is 4.37. The number of aryl methyl sites for hydroxylation is 1. The van der Waals surface area contributed by atoms with Gasteiger partial charge in [0, 0.05) is 29.9 Å². The van der Waals surface area contributed by atoms with Crippen molar-refractivity contribution < 1.29 is 18.3 Å². The van der Waals surface area contributed by atoms with Crippen molar-refractivity contribution in [1.82, 2.24) is 19.9 Å². The first-order valence-corrected chi connectivity index (χ1v) is 9.67. The van der Waals surface area contributed by atoms with Crippen molar-refractivity contribution >= 4 is 27.7 Å². The Labute approximate surface area is 174 Å². The van der Waals surface area contributed by atoms with Gasteiger partial charge in [0.2, 0.25) is 0 Å². The lowest BCUT2D eigenvalue weighted by atomic mass is 9.95. The van der Waals surface area contributed by atoms with Gasteiger partial charge in [-0.15, -0.1) is 0 Å². The molecule has 4 heterocycles. The lowest BCUT2D eigenvalue weighted by molar-refractivity contribution is 0.0333. The summed E-state index contributed by atoms with van der Waals surface area (Å²) >= 11 is 0. The maximum Gasteiger partial charge on any atom is 0.270 e. The maximum atomic E-state index is 14.0. The Hall–Kier alpha value is -3.59. The summed E-state index contributed by atoms with van der Waals surface area (Å²) < 4.78 is 33.4. The third kappa shape index (κ3) is 3.09. The molecule has 0 bridgehead atoms. The van der Waals surface area contributed by atoms with Crippen LogP contribution in [0.3, 0.4) is 0 Å². The van der Waals surface area contributed by atoms with E-state index >= 15 is 0 Å². The number of carbonyl (C=O) groups excluding carboxylic acids is 1. The summed E-state index contributed by atoms with van der Waals surface area (Å²) in [6.07, 6.45) is 1.71. The Balaban J connectivity index is 1.61. The second-order valence-corrected chi connectivity index (χ2v) is 7.74. The summed E-state index contributed by atoms with van der Waals surface area (Å²) in [6, 6.07) is 4.92. The van der Waals surface area contributed by atoms with Crippen LogP contribution in [-0.2, 0) is 11.3 Å². The van der Waals surface area contributed by atoms with E-state index in [1.165, 1.54) is 4.90 Å². The molecule has 0 saturated carbocycles. The molecule has 7 nitrogen and oxygen atoms in total. The Morgan fingerprint density at radius 2 is 1.90 bits per heavy atom. The number of fused-ring (bicyclic) bond motifs is 4. The quantitative estimate of drug-likeness (QED) is 0.516. The molecule has 158 valence electrons. The number of nitrogens with zero attached hydrogens (tertiary/aromatic N) is 2. The number of nitrogens with one attached hydrogen (secondary N) is 2. The standard InChI is InChI=1S/C22H18F2N4O3/c1-10-3-11-4-16(26-20(11)25-7-10)22(30)28(2)18-9-31-8-17-19(18)12-5-14(23)15(24)6-13(12)21(29)27-17/h3-7,18H,8-9H2,1-2H3,(H,25,26)(H,27,29)/t18-/m1/s1. The fraction of sp³-hybridized carbons (Fsp3) is 0.227. The van der Waals surface area contributed by atoms with Crippen LogP contribution in [0.1, 0.15) is 33.4 Å². The van der Waals surface area contributed by atoms with Crippen molar-refractivity contribution in [2.24, 2.45) is 0 Å². The van der Waals surface area contributed by atoms with Gasteiger partial charge in [-0.1, -0.05) is 0 Å². The monoisotopic (exact) mass is 424 g/mol. The molecule has 3 aromatic heterocycles. The smallest absolute Gasteiger partial charge is 0.270 e. The Morgan fingerprint density at radius 1 is 1.16 bits per heavy atom. The number of hydrogen-bond acceptors (Lipinski definition) is 4. The highest BCUT2D eigenvalue weighted by atomic mass is 19.2. The highest BCUT2D eigenvalue weighted by Crippen LogP contribution is 2.34. The zero-order valence-electron chi connectivity index (χ0n) is 16.8. The molecular weight excluding hydrogens is 406 g/mol. The Morgan fingerprint density at radius 3 is 2.68 bits per heavy atom. The SMILES string of the molecule is Cc1cnc2[nH]c(C(=O)N(C)[C@@H]3COCc4[nH]c(=O)c5cc(F)c(F)cc5c43)cc2c1. The lowest BCUT2D eigenvalue weighted by Crippen LogP contribution is -2.37. The minimum atomic E-state index is -1.10. The van der Waals surface area contributed by atoms with Gasteiger partial charge < -0.3 is 19.6 Å². The van der Waals surface area contributed by atoms with E-state index in [9.17, 15) is 18.4 Å². The predicted molar refractivity (Wildman–Crippen MR) is 110 cm³/mol. The topological polar surface area (TPSA) is 91.1 Å². The molecule has 31 heavy (non-hydrogen) atoms. The number of hydrogen-bond donors (Lipinski definition) is 2. The van der Waals surface area contributed by atoms with Crippen LogP contribution in [0, 0.1) is 18.6 Å². The van der Waals surface area contributed by atoms with Crippen LogP contribution in [0.5, 0.6) is 0 Å². The van der Waals surface area contributed by atoms with Crippen LogP contribution in [0.15, 0.2) is 35.3 Å². The van der Waals surface area contributed by atoms with Crippen molar-refractivity contribution in [3.8, 4) is 0 Å². The summed E-state index contributed by atoms with van der Waals surface area (Å²) in [4.78, 5) is 37.1. The molecule has 1 atom stereocenters. The van der Waals surface area contributed by atoms with Crippen LogP contribution in [0.4, 0.5) is 8.78 Å². The molecule has 0 radical (unpaired) electrons. The van der Waals surface area contributed by atoms with Gasteiger partial charge in [0.05, 0.1) is 24.6 Å². The largest absolute Gasteiger partial charge is 0.373 e. The van der Waals surface area contributed by atoms with Crippen molar-refractivity contribution in [2.75, 3.05) is 13.7 Å². The molecule has 0 saturated heterocycles. The molecule has 1 aliphatic rings. The van der Waals surface area contributed by atoms with E-state index in [0.717, 1.165) is 23.1 Å². The average Bonchev–Trinajstić information content (AvgIpc) is 3.17. The predicted octanol–water partition coefficient (Wildman–Crippen LogP) is 3.33.